The fourth-order valence-corrected chi connectivity index (χ4v) is 1.75. The minimum absolute atomic E-state index is 0.108. The summed E-state index contributed by atoms with van der Waals surface area (Å²) in [7, 11) is 1.28. The van der Waals surface area contributed by atoms with E-state index < -0.39 is 5.97 Å². The second-order valence-electron chi connectivity index (χ2n) is 4.12. The van der Waals surface area contributed by atoms with Gasteiger partial charge < -0.3 is 14.6 Å². The fourth-order valence-electron chi connectivity index (χ4n) is 1.75. The summed E-state index contributed by atoms with van der Waals surface area (Å²) in [5.41, 5.74) is 1.36. The first-order valence-corrected chi connectivity index (χ1v) is 6.17. The van der Waals surface area contributed by atoms with Crippen molar-refractivity contribution in [1.29, 1.82) is 10.5 Å². The Morgan fingerprint density at radius 2 is 2.18 bits per heavy atom. The average Bonchev–Trinajstić information content (AvgIpc) is 3.09. The largest absolute Gasteiger partial charge is 0.465 e. The van der Waals surface area contributed by atoms with E-state index in [2.05, 4.69) is 10.3 Å². The number of hydrogen-bond acceptors (Lipinski definition) is 6. The molecule has 0 fully saturated rings. The van der Waals surface area contributed by atoms with Crippen molar-refractivity contribution in [1.82, 2.24) is 9.55 Å². The number of esters is 1. The molecule has 0 saturated heterocycles. The van der Waals surface area contributed by atoms with Crippen molar-refractivity contribution in [2.24, 2.45) is 0 Å². The van der Waals surface area contributed by atoms with Crippen LogP contribution in [0.2, 0.25) is 0 Å². The van der Waals surface area contributed by atoms with Crippen LogP contribution < -0.4 is 5.32 Å². The summed E-state index contributed by atoms with van der Waals surface area (Å²) in [5, 5.41) is 20.3. The summed E-state index contributed by atoms with van der Waals surface area (Å²) >= 11 is 0. The van der Waals surface area contributed by atoms with Crippen molar-refractivity contribution in [3.05, 3.63) is 54.3 Å². The number of aromatic nitrogens is 2. The molecule has 0 aliphatic carbocycles. The Kier molecular flexibility index (Phi) is 4.53. The van der Waals surface area contributed by atoms with Crippen LogP contribution >= 0.6 is 0 Å². The maximum absolute atomic E-state index is 11.8. The Hall–Kier alpha value is -3.58. The second kappa shape index (κ2) is 6.73. The van der Waals surface area contributed by atoms with Gasteiger partial charge in [-0.15, -0.1) is 0 Å². The van der Waals surface area contributed by atoms with Crippen molar-refractivity contribution >= 4 is 11.7 Å². The molecule has 0 amide bonds. The number of nitrogens with zero attached hydrogens (tertiary/aromatic N) is 4. The van der Waals surface area contributed by atoms with Gasteiger partial charge in [0.2, 0.25) is 0 Å². The van der Waals surface area contributed by atoms with E-state index in [4.69, 9.17) is 15.3 Å². The van der Waals surface area contributed by atoms with Crippen LogP contribution in [0.1, 0.15) is 10.4 Å². The number of nitriles is 2. The number of methoxy groups -OCH3 is 1. The van der Waals surface area contributed by atoms with Gasteiger partial charge in [-0.2, -0.15) is 10.5 Å². The molecular weight excluding hydrogens is 282 g/mol. The summed E-state index contributed by atoms with van der Waals surface area (Å²) in [6.45, 7) is 0. The molecule has 1 aromatic carbocycles. The first-order chi connectivity index (χ1) is 10.7. The standard InChI is InChI=1S/C15H11N5O2/c1-22-15(21)13-3-2-12(20-5-4-18-10-20)6-14(13)19-9-11(7-16)8-17/h2-6,9-10,19H,1H3. The molecule has 22 heavy (non-hydrogen) atoms. The molecule has 0 aliphatic heterocycles. The predicted octanol–water partition coefficient (Wildman–Crippen LogP) is 2.00. The average molecular weight is 293 g/mol. The highest BCUT2D eigenvalue weighted by Crippen LogP contribution is 2.21. The highest BCUT2D eigenvalue weighted by Gasteiger charge is 2.12. The van der Waals surface area contributed by atoms with Gasteiger partial charge in [0.15, 0.2) is 0 Å². The van der Waals surface area contributed by atoms with Crippen LogP contribution in [-0.2, 0) is 4.74 Å². The maximum Gasteiger partial charge on any atom is 0.339 e. The van der Waals surface area contributed by atoms with E-state index in [0.717, 1.165) is 5.69 Å². The molecule has 1 N–H and O–H groups in total. The molecule has 108 valence electrons. The van der Waals surface area contributed by atoms with Gasteiger partial charge >= 0.3 is 5.97 Å². The fraction of sp³-hybridized carbons (Fsp3) is 0.0667. The summed E-state index contributed by atoms with van der Waals surface area (Å²) in [6, 6.07) is 8.48. The minimum Gasteiger partial charge on any atom is -0.465 e. The first-order valence-electron chi connectivity index (χ1n) is 6.17. The number of rotatable bonds is 4. The molecular formula is C15H11N5O2. The third kappa shape index (κ3) is 3.11. The zero-order valence-electron chi connectivity index (χ0n) is 11.6. The van der Waals surface area contributed by atoms with Crippen LogP contribution in [0, 0.1) is 22.7 Å². The number of nitrogens with one attached hydrogen (secondary N) is 1. The second-order valence-corrected chi connectivity index (χ2v) is 4.12. The topological polar surface area (TPSA) is 104 Å². The Labute approximate surface area is 126 Å². The van der Waals surface area contributed by atoms with E-state index in [0.29, 0.717) is 5.69 Å². The molecule has 0 aliphatic rings. The SMILES string of the molecule is COC(=O)c1ccc(-n2ccnc2)cc1NC=C(C#N)C#N. The highest BCUT2D eigenvalue weighted by molar-refractivity contribution is 5.96. The number of carbonyl (C=O) groups is 1. The molecule has 1 heterocycles. The van der Waals surface area contributed by atoms with E-state index in [1.54, 1.807) is 53.6 Å². The molecule has 0 spiro atoms. The summed E-state index contributed by atoms with van der Waals surface area (Å²) in [5.74, 6) is -0.524. The monoisotopic (exact) mass is 293 g/mol. The molecule has 2 rings (SSSR count). The zero-order chi connectivity index (χ0) is 15.9. The van der Waals surface area contributed by atoms with Gasteiger partial charge in [-0.25, -0.2) is 9.78 Å². The van der Waals surface area contributed by atoms with E-state index >= 15 is 0 Å². The van der Waals surface area contributed by atoms with Gasteiger partial charge in [0, 0.05) is 24.3 Å². The van der Waals surface area contributed by atoms with Crippen LogP contribution in [0.3, 0.4) is 0 Å². The molecule has 7 heteroatoms. The van der Waals surface area contributed by atoms with Crippen LogP contribution in [0.15, 0.2) is 48.7 Å². The van der Waals surface area contributed by atoms with Gasteiger partial charge in [0.1, 0.15) is 17.7 Å². The number of ether oxygens (including phenoxy) is 1. The highest BCUT2D eigenvalue weighted by atomic mass is 16.5. The van der Waals surface area contributed by atoms with Crippen molar-refractivity contribution in [3.8, 4) is 17.8 Å². The first kappa shape index (κ1) is 14.8. The lowest BCUT2D eigenvalue weighted by molar-refractivity contribution is 0.0602. The Balaban J connectivity index is 2.45. The van der Waals surface area contributed by atoms with Gasteiger partial charge in [0.05, 0.1) is 24.7 Å². The Morgan fingerprint density at radius 1 is 1.41 bits per heavy atom. The molecule has 0 unspecified atom stereocenters. The molecule has 0 bridgehead atoms. The number of benzene rings is 1. The minimum atomic E-state index is -0.524. The molecule has 0 atom stereocenters. The lowest BCUT2D eigenvalue weighted by Gasteiger charge is -2.10. The molecule has 2 aromatic rings. The third-order valence-corrected chi connectivity index (χ3v) is 2.82. The lowest BCUT2D eigenvalue weighted by Crippen LogP contribution is -2.06. The maximum atomic E-state index is 11.8. The summed E-state index contributed by atoms with van der Waals surface area (Å²) in [4.78, 5) is 15.7. The van der Waals surface area contributed by atoms with Crippen molar-refractivity contribution < 1.29 is 9.53 Å². The summed E-state index contributed by atoms with van der Waals surface area (Å²) < 4.78 is 6.47. The number of hydrogen-bond donors (Lipinski definition) is 1. The van der Waals surface area contributed by atoms with Gasteiger partial charge in [-0.05, 0) is 18.2 Å². The van der Waals surface area contributed by atoms with Crippen LogP contribution in [-0.4, -0.2) is 22.6 Å². The third-order valence-electron chi connectivity index (χ3n) is 2.82. The van der Waals surface area contributed by atoms with E-state index in [1.807, 2.05) is 0 Å². The number of allylic oxidation sites excluding steroid dienone is 1. The lowest BCUT2D eigenvalue weighted by atomic mass is 10.1. The van der Waals surface area contributed by atoms with E-state index in [1.165, 1.54) is 13.3 Å². The van der Waals surface area contributed by atoms with Crippen LogP contribution in [0.25, 0.3) is 5.69 Å². The number of carbonyl (C=O) groups excluding carboxylic acids is 1. The zero-order valence-corrected chi connectivity index (χ0v) is 11.6. The molecule has 0 saturated carbocycles. The van der Waals surface area contributed by atoms with E-state index in [9.17, 15) is 4.79 Å². The van der Waals surface area contributed by atoms with Crippen molar-refractivity contribution in [2.45, 2.75) is 0 Å². The smallest absolute Gasteiger partial charge is 0.339 e. The normalized spacial score (nSPS) is 9.23. The Bertz CT molecular complexity index is 778. The molecule has 1 aromatic heterocycles. The predicted molar refractivity (Wildman–Crippen MR) is 77.8 cm³/mol. The van der Waals surface area contributed by atoms with Crippen molar-refractivity contribution in [2.75, 3.05) is 12.4 Å². The number of anilines is 1. The molecule has 0 radical (unpaired) electrons. The quantitative estimate of drug-likeness (QED) is 0.683. The van der Waals surface area contributed by atoms with Gasteiger partial charge in [0.25, 0.3) is 0 Å². The molecule has 7 nitrogen and oxygen atoms in total. The van der Waals surface area contributed by atoms with Gasteiger partial charge in [-0.3, -0.25) is 0 Å². The summed E-state index contributed by atoms with van der Waals surface area (Å²) in [6.07, 6.45) is 6.23. The number of imidazole rings is 1. The van der Waals surface area contributed by atoms with Crippen LogP contribution in [0.4, 0.5) is 5.69 Å². The van der Waals surface area contributed by atoms with Gasteiger partial charge in [-0.1, -0.05) is 0 Å². The Morgan fingerprint density at radius 3 is 2.77 bits per heavy atom. The van der Waals surface area contributed by atoms with Crippen LogP contribution in [0.5, 0.6) is 0 Å². The van der Waals surface area contributed by atoms with Crippen molar-refractivity contribution in [3.63, 3.8) is 0 Å². The van der Waals surface area contributed by atoms with E-state index in [-0.39, 0.29) is 11.1 Å².